The van der Waals surface area contributed by atoms with Crippen LogP contribution in [0.2, 0.25) is 0 Å². The second kappa shape index (κ2) is 5.77. The summed E-state index contributed by atoms with van der Waals surface area (Å²) in [5, 5.41) is 3.29. The largest absolute Gasteiger partial charge is 0.383 e. The molecule has 0 amide bonds. The third-order valence-electron chi connectivity index (χ3n) is 2.62. The van der Waals surface area contributed by atoms with Crippen LogP contribution in [0.1, 0.15) is 29.6 Å². The molecule has 0 unspecified atom stereocenters. The second-order valence-electron chi connectivity index (χ2n) is 4.07. The summed E-state index contributed by atoms with van der Waals surface area (Å²) in [4.78, 5) is 14.0. The molecule has 0 aromatic carbocycles. The predicted molar refractivity (Wildman–Crippen MR) is 74.6 cm³/mol. The summed E-state index contributed by atoms with van der Waals surface area (Å²) in [6, 6.07) is 0. The van der Waals surface area contributed by atoms with Gasteiger partial charge < -0.3 is 11.1 Å². The first kappa shape index (κ1) is 12.8. The zero-order valence-corrected chi connectivity index (χ0v) is 11.4. The van der Waals surface area contributed by atoms with Gasteiger partial charge in [-0.1, -0.05) is 6.92 Å². The molecule has 3 N–H and O–H groups in total. The lowest BCUT2D eigenvalue weighted by molar-refractivity contribution is 0.833. The summed E-state index contributed by atoms with van der Waals surface area (Å²) in [7, 11) is 0. The molecular formula is C12H17N5S. The number of hydrogen-bond acceptors (Lipinski definition) is 6. The molecule has 5 nitrogen and oxygen atoms in total. The number of nitrogens with two attached hydrogens (primary N) is 1. The van der Waals surface area contributed by atoms with Crippen molar-refractivity contribution in [1.82, 2.24) is 15.0 Å². The molecule has 0 aliphatic carbocycles. The van der Waals surface area contributed by atoms with E-state index in [2.05, 4.69) is 27.2 Å². The fraction of sp³-hybridized carbons (Fsp3) is 0.417. The maximum atomic E-state index is 5.90. The number of nitrogen functional groups attached to an aromatic ring is 1. The fourth-order valence-corrected chi connectivity index (χ4v) is 2.12. The summed E-state index contributed by atoms with van der Waals surface area (Å²) in [6.07, 6.45) is 3.71. The van der Waals surface area contributed by atoms with E-state index in [9.17, 15) is 0 Å². The van der Waals surface area contributed by atoms with Crippen molar-refractivity contribution in [2.45, 2.75) is 33.2 Å². The van der Waals surface area contributed by atoms with Gasteiger partial charge in [0, 0.05) is 23.1 Å². The third-order valence-corrected chi connectivity index (χ3v) is 3.40. The standard InChI is InChI=1S/C12H17N5S/c1-3-4-10-16-11(13)8(2)12(17-10)15-6-9-5-14-7-18-9/h5,7H,3-4,6H2,1-2H3,(H3,13,15,16,17). The number of anilines is 2. The van der Waals surface area contributed by atoms with E-state index in [1.165, 1.54) is 4.88 Å². The van der Waals surface area contributed by atoms with Crippen LogP contribution >= 0.6 is 11.3 Å². The highest BCUT2D eigenvalue weighted by atomic mass is 32.1. The van der Waals surface area contributed by atoms with Gasteiger partial charge in [-0.25, -0.2) is 9.97 Å². The molecule has 0 saturated carbocycles. The number of aromatic nitrogens is 3. The molecule has 0 saturated heterocycles. The summed E-state index contributed by atoms with van der Waals surface area (Å²) in [5.41, 5.74) is 8.62. The lowest BCUT2D eigenvalue weighted by Gasteiger charge is -2.11. The first-order valence-electron chi connectivity index (χ1n) is 5.95. The van der Waals surface area contributed by atoms with Crippen LogP contribution in [0.4, 0.5) is 11.6 Å². The number of thiazole rings is 1. The van der Waals surface area contributed by atoms with Gasteiger partial charge in [0.05, 0.1) is 12.1 Å². The van der Waals surface area contributed by atoms with Crippen molar-refractivity contribution < 1.29 is 0 Å². The van der Waals surface area contributed by atoms with Crippen LogP contribution in [0.15, 0.2) is 11.7 Å². The zero-order chi connectivity index (χ0) is 13.0. The second-order valence-corrected chi connectivity index (χ2v) is 5.04. The van der Waals surface area contributed by atoms with Gasteiger partial charge in [0.1, 0.15) is 17.5 Å². The molecule has 0 fully saturated rings. The van der Waals surface area contributed by atoms with Gasteiger partial charge in [-0.15, -0.1) is 11.3 Å². The number of nitrogens with one attached hydrogen (secondary N) is 1. The summed E-state index contributed by atoms with van der Waals surface area (Å²) >= 11 is 1.62. The van der Waals surface area contributed by atoms with E-state index in [0.717, 1.165) is 30.0 Å². The van der Waals surface area contributed by atoms with E-state index >= 15 is 0 Å². The Balaban J connectivity index is 2.15. The molecule has 18 heavy (non-hydrogen) atoms. The summed E-state index contributed by atoms with van der Waals surface area (Å²) in [6.45, 7) is 4.75. The molecule has 2 aromatic rings. The highest BCUT2D eigenvalue weighted by Crippen LogP contribution is 2.19. The summed E-state index contributed by atoms with van der Waals surface area (Å²) < 4.78 is 0. The highest BCUT2D eigenvalue weighted by Gasteiger charge is 2.08. The van der Waals surface area contributed by atoms with Crippen LogP contribution in [0, 0.1) is 6.92 Å². The minimum atomic E-state index is 0.556. The molecule has 0 radical (unpaired) electrons. The van der Waals surface area contributed by atoms with Crippen molar-refractivity contribution >= 4 is 23.0 Å². The SMILES string of the molecule is CCCc1nc(N)c(C)c(NCc2cncs2)n1. The number of rotatable bonds is 5. The molecule has 96 valence electrons. The van der Waals surface area contributed by atoms with Gasteiger partial charge in [0.2, 0.25) is 0 Å². The molecule has 6 heteroatoms. The van der Waals surface area contributed by atoms with E-state index in [1.54, 1.807) is 11.3 Å². The Morgan fingerprint density at radius 3 is 2.89 bits per heavy atom. The molecule has 2 rings (SSSR count). The smallest absolute Gasteiger partial charge is 0.135 e. The van der Waals surface area contributed by atoms with Crippen LogP contribution in [-0.2, 0) is 13.0 Å². The van der Waals surface area contributed by atoms with Gasteiger partial charge in [-0.2, -0.15) is 0 Å². The molecule has 2 aromatic heterocycles. The normalized spacial score (nSPS) is 10.6. The average Bonchev–Trinajstić information content (AvgIpc) is 2.85. The van der Waals surface area contributed by atoms with E-state index in [-0.39, 0.29) is 0 Å². The van der Waals surface area contributed by atoms with Crippen molar-refractivity contribution in [3.63, 3.8) is 0 Å². The maximum absolute atomic E-state index is 5.90. The molecule has 2 heterocycles. The van der Waals surface area contributed by atoms with Gasteiger partial charge in [0.15, 0.2) is 0 Å². The average molecular weight is 263 g/mol. The van der Waals surface area contributed by atoms with Crippen LogP contribution in [0.3, 0.4) is 0 Å². The van der Waals surface area contributed by atoms with Gasteiger partial charge >= 0.3 is 0 Å². The molecular weight excluding hydrogens is 246 g/mol. The first-order valence-corrected chi connectivity index (χ1v) is 6.83. The van der Waals surface area contributed by atoms with E-state index in [0.29, 0.717) is 12.4 Å². The lowest BCUT2D eigenvalue weighted by atomic mass is 10.2. The molecule has 0 spiro atoms. The summed E-state index contributed by atoms with van der Waals surface area (Å²) in [5.74, 6) is 2.17. The Labute approximate surface area is 111 Å². The van der Waals surface area contributed by atoms with Crippen LogP contribution in [0.25, 0.3) is 0 Å². The Hall–Kier alpha value is -1.69. The fourth-order valence-electron chi connectivity index (χ4n) is 1.59. The lowest BCUT2D eigenvalue weighted by Crippen LogP contribution is -2.09. The minimum absolute atomic E-state index is 0.556. The Kier molecular flexibility index (Phi) is 4.09. The Morgan fingerprint density at radius 2 is 2.22 bits per heavy atom. The van der Waals surface area contributed by atoms with E-state index < -0.39 is 0 Å². The maximum Gasteiger partial charge on any atom is 0.135 e. The third kappa shape index (κ3) is 2.95. The molecule has 0 aliphatic rings. The zero-order valence-electron chi connectivity index (χ0n) is 10.6. The topological polar surface area (TPSA) is 76.7 Å². The van der Waals surface area contributed by atoms with Crippen molar-refractivity contribution in [2.75, 3.05) is 11.1 Å². The van der Waals surface area contributed by atoms with Gasteiger partial charge in [0.25, 0.3) is 0 Å². The van der Waals surface area contributed by atoms with Crippen LogP contribution < -0.4 is 11.1 Å². The predicted octanol–water partition coefficient (Wildman–Crippen LogP) is 2.39. The van der Waals surface area contributed by atoms with E-state index in [1.807, 2.05) is 18.6 Å². The first-order chi connectivity index (χ1) is 8.70. The van der Waals surface area contributed by atoms with Crippen molar-refractivity contribution in [3.05, 3.63) is 28.0 Å². The molecule has 0 bridgehead atoms. The van der Waals surface area contributed by atoms with Crippen LogP contribution in [0.5, 0.6) is 0 Å². The minimum Gasteiger partial charge on any atom is -0.383 e. The number of nitrogens with zero attached hydrogens (tertiary/aromatic N) is 3. The van der Waals surface area contributed by atoms with Gasteiger partial charge in [-0.05, 0) is 13.3 Å². The number of aryl methyl sites for hydroxylation is 1. The Bertz CT molecular complexity index is 509. The molecule has 0 aliphatic heterocycles. The Morgan fingerprint density at radius 1 is 1.39 bits per heavy atom. The monoisotopic (exact) mass is 263 g/mol. The van der Waals surface area contributed by atoms with Crippen molar-refractivity contribution in [1.29, 1.82) is 0 Å². The van der Waals surface area contributed by atoms with Crippen LogP contribution in [-0.4, -0.2) is 15.0 Å². The molecule has 0 atom stereocenters. The van der Waals surface area contributed by atoms with E-state index in [4.69, 9.17) is 5.73 Å². The van der Waals surface area contributed by atoms with Crippen molar-refractivity contribution in [2.24, 2.45) is 0 Å². The van der Waals surface area contributed by atoms with Crippen molar-refractivity contribution in [3.8, 4) is 0 Å². The quantitative estimate of drug-likeness (QED) is 0.866. The highest BCUT2D eigenvalue weighted by molar-refractivity contribution is 7.09. The van der Waals surface area contributed by atoms with Gasteiger partial charge in [-0.3, -0.25) is 4.98 Å². The number of hydrogen-bond donors (Lipinski definition) is 2.